The van der Waals surface area contributed by atoms with Gasteiger partial charge in [-0.25, -0.2) is 0 Å². The van der Waals surface area contributed by atoms with Gasteiger partial charge in [0.15, 0.2) is 0 Å². The molecule has 0 N–H and O–H groups in total. The van der Waals surface area contributed by atoms with Crippen LogP contribution in [0.1, 0.15) is 53.4 Å². The van der Waals surface area contributed by atoms with Gasteiger partial charge in [0.1, 0.15) is 5.78 Å². The number of hydrogen-bond acceptors (Lipinski definition) is 2. The average Bonchev–Trinajstić information content (AvgIpc) is 2.93. The summed E-state index contributed by atoms with van der Waals surface area (Å²) in [6.45, 7) is 10.4. The van der Waals surface area contributed by atoms with Crippen molar-refractivity contribution in [2.75, 3.05) is 13.1 Å². The van der Waals surface area contributed by atoms with Crippen LogP contribution in [0.3, 0.4) is 0 Å². The second-order valence-electron chi connectivity index (χ2n) is 5.69. The maximum atomic E-state index is 11.8. The van der Waals surface area contributed by atoms with Crippen LogP contribution in [0.5, 0.6) is 0 Å². The van der Waals surface area contributed by atoms with Crippen LogP contribution in [0.15, 0.2) is 0 Å². The van der Waals surface area contributed by atoms with Gasteiger partial charge < -0.3 is 0 Å². The number of carbonyl (C=O) groups is 1. The van der Waals surface area contributed by atoms with Crippen molar-refractivity contribution in [3.05, 3.63) is 0 Å². The molecule has 0 aromatic carbocycles. The molecule has 1 aliphatic carbocycles. The predicted octanol–water partition coefficient (Wildman–Crippen LogP) is 2.87. The Labute approximate surface area is 94.0 Å². The first-order valence-corrected chi connectivity index (χ1v) is 6.22. The summed E-state index contributed by atoms with van der Waals surface area (Å²) in [5.41, 5.74) is -0.165. The second-order valence-corrected chi connectivity index (χ2v) is 5.69. The van der Waals surface area contributed by atoms with Gasteiger partial charge in [-0.05, 0) is 25.8 Å². The highest BCUT2D eigenvalue weighted by molar-refractivity contribution is 5.83. The van der Waals surface area contributed by atoms with E-state index in [2.05, 4.69) is 11.8 Å². The SMILES string of the molecule is CCCN(CCC(=O)C(C)(C)C)C1CC1. The highest BCUT2D eigenvalue weighted by Crippen LogP contribution is 2.27. The standard InChI is InChI=1S/C13H25NO/c1-5-9-14(11-6-7-11)10-8-12(15)13(2,3)4/h11H,5-10H2,1-4H3. The van der Waals surface area contributed by atoms with Crippen molar-refractivity contribution in [1.82, 2.24) is 4.90 Å². The number of ketones is 1. The van der Waals surface area contributed by atoms with Gasteiger partial charge in [0, 0.05) is 24.4 Å². The van der Waals surface area contributed by atoms with Crippen LogP contribution in [-0.4, -0.2) is 29.8 Å². The molecule has 1 rings (SSSR count). The third-order valence-electron chi connectivity index (χ3n) is 3.04. The summed E-state index contributed by atoms with van der Waals surface area (Å²) in [7, 11) is 0. The molecule has 0 amide bonds. The summed E-state index contributed by atoms with van der Waals surface area (Å²) >= 11 is 0. The molecule has 1 saturated carbocycles. The van der Waals surface area contributed by atoms with E-state index in [9.17, 15) is 4.79 Å². The van der Waals surface area contributed by atoms with Gasteiger partial charge in [0.05, 0.1) is 0 Å². The van der Waals surface area contributed by atoms with Crippen LogP contribution in [0.25, 0.3) is 0 Å². The lowest BCUT2D eigenvalue weighted by Gasteiger charge is -2.23. The van der Waals surface area contributed by atoms with E-state index in [1.165, 1.54) is 19.3 Å². The minimum atomic E-state index is -0.165. The van der Waals surface area contributed by atoms with Gasteiger partial charge in [-0.3, -0.25) is 9.69 Å². The Morgan fingerprint density at radius 3 is 2.27 bits per heavy atom. The molecule has 1 aliphatic rings. The van der Waals surface area contributed by atoms with Gasteiger partial charge in [0.2, 0.25) is 0 Å². The topological polar surface area (TPSA) is 20.3 Å². The molecular formula is C13H25NO. The summed E-state index contributed by atoms with van der Waals surface area (Å²) in [5.74, 6) is 0.393. The smallest absolute Gasteiger partial charge is 0.139 e. The van der Waals surface area contributed by atoms with E-state index in [1.54, 1.807) is 0 Å². The zero-order valence-electron chi connectivity index (χ0n) is 10.7. The molecule has 0 radical (unpaired) electrons. The molecule has 0 saturated heterocycles. The number of hydrogen-bond donors (Lipinski definition) is 0. The van der Waals surface area contributed by atoms with E-state index in [-0.39, 0.29) is 5.41 Å². The fourth-order valence-corrected chi connectivity index (χ4v) is 1.82. The van der Waals surface area contributed by atoms with E-state index >= 15 is 0 Å². The zero-order valence-corrected chi connectivity index (χ0v) is 10.7. The Morgan fingerprint density at radius 2 is 1.87 bits per heavy atom. The quantitative estimate of drug-likeness (QED) is 0.673. The molecule has 0 heterocycles. The van der Waals surface area contributed by atoms with E-state index in [1.807, 2.05) is 20.8 Å². The van der Waals surface area contributed by atoms with Gasteiger partial charge in [-0.1, -0.05) is 27.7 Å². The second kappa shape index (κ2) is 5.11. The lowest BCUT2D eigenvalue weighted by atomic mass is 9.89. The normalized spacial score (nSPS) is 17.1. The Balaban J connectivity index is 2.30. The van der Waals surface area contributed by atoms with Crippen LogP contribution in [0, 0.1) is 5.41 Å². The Hall–Kier alpha value is -0.370. The number of rotatable bonds is 6. The molecule has 1 fully saturated rings. The van der Waals surface area contributed by atoms with Crippen LogP contribution in [0.2, 0.25) is 0 Å². The van der Waals surface area contributed by atoms with Crippen molar-refractivity contribution in [2.45, 2.75) is 59.4 Å². The average molecular weight is 211 g/mol. The lowest BCUT2D eigenvalue weighted by Crippen LogP contribution is -2.32. The van der Waals surface area contributed by atoms with Gasteiger partial charge in [-0.2, -0.15) is 0 Å². The molecule has 2 heteroatoms. The van der Waals surface area contributed by atoms with Crippen LogP contribution >= 0.6 is 0 Å². The largest absolute Gasteiger partial charge is 0.300 e. The molecule has 15 heavy (non-hydrogen) atoms. The van der Waals surface area contributed by atoms with E-state index < -0.39 is 0 Å². The van der Waals surface area contributed by atoms with Crippen molar-refractivity contribution in [3.63, 3.8) is 0 Å². The monoisotopic (exact) mass is 211 g/mol. The van der Waals surface area contributed by atoms with Crippen molar-refractivity contribution >= 4 is 5.78 Å². The summed E-state index contributed by atoms with van der Waals surface area (Å²) in [6, 6.07) is 0.790. The molecule has 2 nitrogen and oxygen atoms in total. The van der Waals surface area contributed by atoms with Gasteiger partial charge in [-0.15, -0.1) is 0 Å². The maximum absolute atomic E-state index is 11.8. The van der Waals surface area contributed by atoms with Crippen molar-refractivity contribution in [2.24, 2.45) is 5.41 Å². The van der Waals surface area contributed by atoms with Crippen molar-refractivity contribution < 1.29 is 4.79 Å². The Kier molecular flexibility index (Phi) is 4.32. The summed E-state index contributed by atoms with van der Waals surface area (Å²) < 4.78 is 0. The molecule has 0 unspecified atom stereocenters. The highest BCUT2D eigenvalue weighted by atomic mass is 16.1. The summed E-state index contributed by atoms with van der Waals surface area (Å²) in [4.78, 5) is 14.3. The van der Waals surface area contributed by atoms with Gasteiger partial charge >= 0.3 is 0 Å². The van der Waals surface area contributed by atoms with Crippen LogP contribution < -0.4 is 0 Å². The fraction of sp³-hybridized carbons (Fsp3) is 0.923. The van der Waals surface area contributed by atoms with Crippen molar-refractivity contribution in [1.29, 1.82) is 0 Å². The molecular weight excluding hydrogens is 186 g/mol. The minimum Gasteiger partial charge on any atom is -0.300 e. The maximum Gasteiger partial charge on any atom is 0.139 e. The van der Waals surface area contributed by atoms with Crippen molar-refractivity contribution in [3.8, 4) is 0 Å². The van der Waals surface area contributed by atoms with E-state index in [0.29, 0.717) is 5.78 Å². The molecule has 0 aromatic heterocycles. The first kappa shape index (κ1) is 12.7. The van der Waals surface area contributed by atoms with E-state index in [4.69, 9.17) is 0 Å². The molecule has 0 aliphatic heterocycles. The van der Waals surface area contributed by atoms with Crippen LogP contribution in [0.4, 0.5) is 0 Å². The Morgan fingerprint density at radius 1 is 1.27 bits per heavy atom. The third kappa shape index (κ3) is 4.33. The number of nitrogens with zero attached hydrogens (tertiary/aromatic N) is 1. The molecule has 0 bridgehead atoms. The van der Waals surface area contributed by atoms with Gasteiger partial charge in [0.25, 0.3) is 0 Å². The molecule has 88 valence electrons. The fourth-order valence-electron chi connectivity index (χ4n) is 1.82. The van der Waals surface area contributed by atoms with Crippen LogP contribution in [-0.2, 0) is 4.79 Å². The number of carbonyl (C=O) groups excluding carboxylic acids is 1. The summed E-state index contributed by atoms with van der Waals surface area (Å²) in [5, 5.41) is 0. The molecule has 0 aromatic rings. The minimum absolute atomic E-state index is 0.165. The first-order valence-electron chi connectivity index (χ1n) is 6.22. The molecule has 0 atom stereocenters. The first-order chi connectivity index (χ1) is 6.95. The van der Waals surface area contributed by atoms with E-state index in [0.717, 1.165) is 25.6 Å². The third-order valence-corrected chi connectivity index (χ3v) is 3.04. The highest BCUT2D eigenvalue weighted by Gasteiger charge is 2.29. The Bertz CT molecular complexity index is 213. The summed E-state index contributed by atoms with van der Waals surface area (Å²) in [6.07, 6.45) is 4.59. The molecule has 0 spiro atoms. The number of Topliss-reactive ketones (excluding diaryl/α,β-unsaturated/α-hetero) is 1. The zero-order chi connectivity index (χ0) is 11.5. The predicted molar refractivity (Wildman–Crippen MR) is 64.0 cm³/mol. The lowest BCUT2D eigenvalue weighted by molar-refractivity contribution is -0.126.